The summed E-state index contributed by atoms with van der Waals surface area (Å²) in [6.07, 6.45) is 2.71. The van der Waals surface area contributed by atoms with Crippen molar-refractivity contribution in [3.63, 3.8) is 0 Å². The molecule has 1 fully saturated rings. The van der Waals surface area contributed by atoms with Crippen LogP contribution >= 0.6 is 0 Å². The third-order valence-corrected chi connectivity index (χ3v) is 7.96. The van der Waals surface area contributed by atoms with Gasteiger partial charge in [-0.2, -0.15) is 0 Å². The van der Waals surface area contributed by atoms with E-state index in [9.17, 15) is 26.8 Å². The molecule has 0 unspecified atom stereocenters. The van der Waals surface area contributed by atoms with Gasteiger partial charge in [0.25, 0.3) is 10.0 Å². The van der Waals surface area contributed by atoms with E-state index in [0.29, 0.717) is 6.54 Å². The lowest BCUT2D eigenvalue weighted by Crippen LogP contribution is -2.50. The molecule has 0 aromatic heterocycles. The number of hydrogen-bond acceptors (Lipinski definition) is 4. The van der Waals surface area contributed by atoms with Crippen LogP contribution in [0.5, 0.6) is 0 Å². The van der Waals surface area contributed by atoms with E-state index in [-0.39, 0.29) is 22.0 Å². The number of carbonyl (C=O) groups excluding carboxylic acids is 2. The maximum atomic E-state index is 14.2. The number of halogens is 2. The quantitative estimate of drug-likeness (QED) is 0.764. The molecule has 0 spiro atoms. The smallest absolute Gasteiger partial charge is 0.334 e. The van der Waals surface area contributed by atoms with Crippen LogP contribution in [0.4, 0.5) is 19.3 Å². The Hall–Kier alpha value is -3.27. The van der Waals surface area contributed by atoms with Crippen molar-refractivity contribution in [2.75, 3.05) is 18.4 Å². The van der Waals surface area contributed by atoms with Crippen molar-refractivity contribution in [3.8, 4) is 0 Å². The van der Waals surface area contributed by atoms with E-state index in [1.165, 1.54) is 4.90 Å². The van der Waals surface area contributed by atoms with Gasteiger partial charge in [-0.1, -0.05) is 35.9 Å². The Morgan fingerprint density at radius 3 is 2.69 bits per heavy atom. The Morgan fingerprint density at radius 1 is 1.22 bits per heavy atom. The number of rotatable bonds is 3. The zero-order valence-electron chi connectivity index (χ0n) is 17.0. The van der Waals surface area contributed by atoms with Gasteiger partial charge in [0.1, 0.15) is 11.4 Å². The second kappa shape index (κ2) is 7.13. The van der Waals surface area contributed by atoms with Gasteiger partial charge in [-0.3, -0.25) is 4.79 Å². The SMILES string of the molecule is Cc1cccc(C2=C[C@@H]3C[C@H]2CN3C(=O)CN2C(=O)Nc3ccc(F)c(F)c3S2(=O)=O)c1. The summed E-state index contributed by atoms with van der Waals surface area (Å²) in [4.78, 5) is 25.9. The van der Waals surface area contributed by atoms with Gasteiger partial charge in [-0.15, -0.1) is 0 Å². The minimum absolute atomic E-state index is 0.116. The molecular weight excluding hydrogens is 440 g/mol. The number of fused-ring (bicyclic) bond motifs is 3. The largest absolute Gasteiger partial charge is 0.336 e. The van der Waals surface area contributed by atoms with Crippen LogP contribution in [0.2, 0.25) is 0 Å². The van der Waals surface area contributed by atoms with Gasteiger partial charge >= 0.3 is 6.03 Å². The lowest BCUT2D eigenvalue weighted by molar-refractivity contribution is -0.131. The molecule has 2 aromatic rings. The fraction of sp³-hybridized carbons (Fsp3) is 0.273. The fourth-order valence-corrected chi connectivity index (χ4v) is 6.17. The predicted molar refractivity (Wildman–Crippen MR) is 112 cm³/mol. The van der Waals surface area contributed by atoms with Crippen molar-refractivity contribution in [2.45, 2.75) is 24.3 Å². The number of nitrogens with zero attached hydrogens (tertiary/aromatic N) is 2. The van der Waals surface area contributed by atoms with Crippen molar-refractivity contribution >= 4 is 33.2 Å². The number of urea groups is 1. The summed E-state index contributed by atoms with van der Waals surface area (Å²) in [5.74, 6) is -3.41. The average Bonchev–Trinajstić information content (AvgIpc) is 3.34. The fourth-order valence-electron chi connectivity index (χ4n) is 4.69. The minimum atomic E-state index is -4.74. The third kappa shape index (κ3) is 3.09. The van der Waals surface area contributed by atoms with Gasteiger partial charge in [0.05, 0.1) is 11.7 Å². The minimum Gasteiger partial charge on any atom is -0.334 e. The van der Waals surface area contributed by atoms with Crippen molar-refractivity contribution in [3.05, 3.63) is 65.2 Å². The van der Waals surface area contributed by atoms with E-state index in [0.717, 1.165) is 35.3 Å². The number of amides is 3. The normalized spacial score (nSPS) is 23.1. The summed E-state index contributed by atoms with van der Waals surface area (Å²) < 4.78 is 53.8. The van der Waals surface area contributed by atoms with Gasteiger partial charge in [0.15, 0.2) is 11.6 Å². The number of carbonyl (C=O) groups is 2. The molecule has 1 N–H and O–H groups in total. The molecule has 166 valence electrons. The first-order valence-electron chi connectivity index (χ1n) is 10.1. The number of hydrogen-bond donors (Lipinski definition) is 1. The highest BCUT2D eigenvalue weighted by Crippen LogP contribution is 2.42. The number of sulfonamides is 1. The van der Waals surface area contributed by atoms with E-state index >= 15 is 0 Å². The first kappa shape index (κ1) is 20.6. The zero-order valence-corrected chi connectivity index (χ0v) is 17.8. The average molecular weight is 459 g/mol. The maximum absolute atomic E-state index is 14.2. The van der Waals surface area contributed by atoms with Crippen LogP contribution in [0.1, 0.15) is 17.5 Å². The summed E-state index contributed by atoms with van der Waals surface area (Å²) >= 11 is 0. The van der Waals surface area contributed by atoms with Crippen molar-refractivity contribution in [2.24, 2.45) is 5.92 Å². The number of anilines is 1. The van der Waals surface area contributed by atoms with Crippen molar-refractivity contribution in [1.29, 1.82) is 0 Å². The molecule has 0 radical (unpaired) electrons. The standard InChI is InChI=1S/C22H19F2N3O4S/c1-12-3-2-4-13(7-12)16-9-15-8-14(16)10-26(15)19(28)11-27-22(29)25-18-6-5-17(23)20(24)21(18)32(27,30)31/h2-7,9,14-15H,8,10-11H2,1H3,(H,25,29)/t14-,15-/m0/s1. The molecule has 5 rings (SSSR count). The van der Waals surface area contributed by atoms with Gasteiger partial charge in [-0.05, 0) is 36.6 Å². The predicted octanol–water partition coefficient (Wildman–Crippen LogP) is 3.12. The van der Waals surface area contributed by atoms with Crippen LogP contribution in [0.25, 0.3) is 5.57 Å². The first-order valence-corrected chi connectivity index (χ1v) is 11.5. The van der Waals surface area contributed by atoms with Gasteiger partial charge in [-0.25, -0.2) is 26.3 Å². The third-order valence-electron chi connectivity index (χ3n) is 6.17. The Labute approximate surface area is 183 Å². The highest BCUT2D eigenvalue weighted by molar-refractivity contribution is 7.90. The van der Waals surface area contributed by atoms with Crippen LogP contribution < -0.4 is 5.32 Å². The Morgan fingerprint density at radius 2 is 2.00 bits per heavy atom. The lowest BCUT2D eigenvalue weighted by atomic mass is 9.94. The molecular formula is C22H19F2N3O4S. The van der Waals surface area contributed by atoms with Crippen LogP contribution in [-0.4, -0.2) is 48.7 Å². The molecule has 7 nitrogen and oxygen atoms in total. The monoisotopic (exact) mass is 459 g/mol. The lowest BCUT2D eigenvalue weighted by Gasteiger charge is -2.32. The van der Waals surface area contributed by atoms with E-state index in [1.807, 2.05) is 31.2 Å². The zero-order chi connectivity index (χ0) is 22.8. The highest BCUT2D eigenvalue weighted by Gasteiger charge is 2.45. The van der Waals surface area contributed by atoms with E-state index in [4.69, 9.17) is 0 Å². The molecule has 3 aliphatic rings. The molecule has 1 saturated heterocycles. The molecule has 2 aliphatic heterocycles. The Bertz CT molecular complexity index is 1310. The van der Waals surface area contributed by atoms with E-state index < -0.39 is 45.0 Å². The van der Waals surface area contributed by atoms with Crippen molar-refractivity contribution in [1.82, 2.24) is 9.21 Å². The van der Waals surface area contributed by atoms with Crippen LogP contribution in [-0.2, 0) is 14.8 Å². The Kier molecular flexibility index (Phi) is 4.59. The second-order valence-corrected chi connectivity index (χ2v) is 10.0. The van der Waals surface area contributed by atoms with Gasteiger partial charge < -0.3 is 10.2 Å². The molecule has 2 bridgehead atoms. The molecule has 0 saturated carbocycles. The molecule has 2 aromatic carbocycles. The number of nitrogens with one attached hydrogen (secondary N) is 1. The first-order chi connectivity index (χ1) is 15.2. The van der Waals surface area contributed by atoms with E-state index in [2.05, 4.69) is 11.4 Å². The summed E-state index contributed by atoms with van der Waals surface area (Å²) in [6.45, 7) is 1.61. The molecule has 2 heterocycles. The van der Waals surface area contributed by atoms with Gasteiger partial charge in [0, 0.05) is 12.5 Å². The highest BCUT2D eigenvalue weighted by atomic mass is 32.2. The van der Waals surface area contributed by atoms with Crippen LogP contribution in [0.15, 0.2) is 47.4 Å². The second-order valence-electron chi connectivity index (χ2n) is 8.22. The Balaban J connectivity index is 1.38. The summed E-state index contributed by atoms with van der Waals surface area (Å²) in [5, 5.41) is 2.22. The maximum Gasteiger partial charge on any atom is 0.336 e. The molecule has 2 atom stereocenters. The van der Waals surface area contributed by atoms with Crippen LogP contribution in [0, 0.1) is 24.5 Å². The number of benzene rings is 2. The molecule has 10 heteroatoms. The number of aryl methyl sites for hydroxylation is 1. The summed E-state index contributed by atoms with van der Waals surface area (Å²) in [5.41, 5.74) is 3.02. The molecule has 3 amide bonds. The van der Waals surface area contributed by atoms with Crippen molar-refractivity contribution < 1.29 is 26.8 Å². The van der Waals surface area contributed by atoms with Crippen LogP contribution in [0.3, 0.4) is 0 Å². The molecule has 32 heavy (non-hydrogen) atoms. The summed E-state index contributed by atoms with van der Waals surface area (Å²) in [6, 6.07) is 8.47. The van der Waals surface area contributed by atoms with Gasteiger partial charge in [0.2, 0.25) is 5.91 Å². The molecule has 1 aliphatic carbocycles. The number of likely N-dealkylation sites (tertiary alicyclic amines) is 1. The topological polar surface area (TPSA) is 86.8 Å². The van der Waals surface area contributed by atoms with E-state index in [1.54, 1.807) is 0 Å². The summed E-state index contributed by atoms with van der Waals surface area (Å²) in [7, 11) is -4.74.